The molecule has 1 saturated carbocycles. The number of anilines is 1. The Kier molecular flexibility index (Phi) is 4.40. The lowest BCUT2D eigenvalue weighted by Crippen LogP contribution is -2.21. The van der Waals surface area contributed by atoms with Gasteiger partial charge in [0.2, 0.25) is 0 Å². The Morgan fingerprint density at radius 3 is 2.95 bits per heavy atom. The molecule has 3 nitrogen and oxygen atoms in total. The van der Waals surface area contributed by atoms with Gasteiger partial charge in [-0.15, -0.1) is 0 Å². The van der Waals surface area contributed by atoms with Crippen molar-refractivity contribution in [1.29, 1.82) is 0 Å². The first-order valence-electron chi connectivity index (χ1n) is 6.83. The van der Waals surface area contributed by atoms with Gasteiger partial charge in [0.05, 0.1) is 5.56 Å². The molecule has 0 bridgehead atoms. The molecule has 104 valence electrons. The first-order valence-corrected chi connectivity index (χ1v) is 6.83. The second-order valence-electron chi connectivity index (χ2n) is 5.52. The summed E-state index contributed by atoms with van der Waals surface area (Å²) in [6, 6.07) is 4.16. The summed E-state index contributed by atoms with van der Waals surface area (Å²) in [6.45, 7) is 3.10. The van der Waals surface area contributed by atoms with Crippen molar-refractivity contribution in [3.63, 3.8) is 0 Å². The molecule has 0 amide bonds. The zero-order valence-electron chi connectivity index (χ0n) is 11.2. The number of hydrogen-bond acceptors (Lipinski definition) is 2. The van der Waals surface area contributed by atoms with Crippen LogP contribution in [0, 0.1) is 17.7 Å². The summed E-state index contributed by atoms with van der Waals surface area (Å²) >= 11 is 0. The van der Waals surface area contributed by atoms with Crippen LogP contribution in [0.1, 0.15) is 43.0 Å². The van der Waals surface area contributed by atoms with E-state index in [0.29, 0.717) is 11.6 Å². The predicted octanol–water partition coefficient (Wildman–Crippen LogP) is 3.76. The summed E-state index contributed by atoms with van der Waals surface area (Å²) < 4.78 is 13.3. The molecule has 1 aliphatic carbocycles. The lowest BCUT2D eigenvalue weighted by atomic mass is 9.82. The molecular weight excluding hydrogens is 245 g/mol. The smallest absolute Gasteiger partial charge is 0.338 e. The molecule has 0 saturated heterocycles. The normalized spacial score (nSPS) is 23.1. The fraction of sp³-hybridized carbons (Fsp3) is 0.533. The number of rotatable bonds is 4. The van der Waals surface area contributed by atoms with Crippen molar-refractivity contribution in [1.82, 2.24) is 0 Å². The minimum atomic E-state index is -1.23. The first-order chi connectivity index (χ1) is 9.06. The van der Waals surface area contributed by atoms with E-state index in [1.807, 2.05) is 0 Å². The zero-order chi connectivity index (χ0) is 13.8. The van der Waals surface area contributed by atoms with E-state index < -0.39 is 11.8 Å². The monoisotopic (exact) mass is 265 g/mol. The van der Waals surface area contributed by atoms with Gasteiger partial charge in [-0.25, -0.2) is 9.18 Å². The van der Waals surface area contributed by atoms with Gasteiger partial charge in [0.1, 0.15) is 5.82 Å². The van der Waals surface area contributed by atoms with Crippen LogP contribution in [0.5, 0.6) is 0 Å². The van der Waals surface area contributed by atoms with Crippen LogP contribution in [0.2, 0.25) is 0 Å². The topological polar surface area (TPSA) is 49.3 Å². The summed E-state index contributed by atoms with van der Waals surface area (Å²) in [6.07, 6.45) is 4.98. The lowest BCUT2D eigenvalue weighted by Gasteiger charge is -2.27. The molecule has 1 fully saturated rings. The van der Waals surface area contributed by atoms with E-state index in [2.05, 4.69) is 12.2 Å². The molecule has 0 aromatic heterocycles. The quantitative estimate of drug-likeness (QED) is 0.871. The van der Waals surface area contributed by atoms with Gasteiger partial charge in [-0.05, 0) is 42.9 Å². The number of halogens is 1. The molecule has 2 N–H and O–H groups in total. The van der Waals surface area contributed by atoms with Crippen molar-refractivity contribution in [3.05, 3.63) is 29.6 Å². The Balaban J connectivity index is 1.96. The molecule has 1 aromatic carbocycles. The van der Waals surface area contributed by atoms with Crippen LogP contribution in [0.25, 0.3) is 0 Å². The lowest BCUT2D eigenvalue weighted by molar-refractivity contribution is 0.0692. The highest BCUT2D eigenvalue weighted by Crippen LogP contribution is 2.28. The van der Waals surface area contributed by atoms with E-state index in [1.165, 1.54) is 37.8 Å². The van der Waals surface area contributed by atoms with Crippen molar-refractivity contribution in [3.8, 4) is 0 Å². The van der Waals surface area contributed by atoms with E-state index in [4.69, 9.17) is 5.11 Å². The van der Waals surface area contributed by atoms with Crippen molar-refractivity contribution < 1.29 is 14.3 Å². The Bertz CT molecular complexity index is 461. The number of carbonyl (C=O) groups is 1. The highest BCUT2D eigenvalue weighted by molar-refractivity contribution is 5.89. The average molecular weight is 265 g/mol. The van der Waals surface area contributed by atoms with Crippen LogP contribution in [0.3, 0.4) is 0 Å². The molecule has 1 aromatic rings. The molecular formula is C15H20FNO2. The summed E-state index contributed by atoms with van der Waals surface area (Å²) in [5.74, 6) is -0.526. The third-order valence-electron chi connectivity index (χ3n) is 3.84. The fourth-order valence-corrected chi connectivity index (χ4v) is 2.81. The van der Waals surface area contributed by atoms with E-state index in [0.717, 1.165) is 12.5 Å². The van der Waals surface area contributed by atoms with Crippen molar-refractivity contribution in [2.45, 2.75) is 32.6 Å². The number of aromatic carboxylic acids is 1. The molecule has 0 heterocycles. The van der Waals surface area contributed by atoms with Gasteiger partial charge >= 0.3 is 5.97 Å². The van der Waals surface area contributed by atoms with Crippen LogP contribution in [0.15, 0.2) is 18.2 Å². The van der Waals surface area contributed by atoms with Crippen LogP contribution >= 0.6 is 0 Å². The first kappa shape index (κ1) is 13.8. The fourth-order valence-electron chi connectivity index (χ4n) is 2.81. The van der Waals surface area contributed by atoms with Gasteiger partial charge in [0.25, 0.3) is 0 Å². The van der Waals surface area contributed by atoms with Crippen LogP contribution in [-0.2, 0) is 0 Å². The summed E-state index contributed by atoms with van der Waals surface area (Å²) in [4.78, 5) is 10.9. The third-order valence-corrected chi connectivity index (χ3v) is 3.84. The van der Waals surface area contributed by atoms with Gasteiger partial charge in [0, 0.05) is 12.2 Å². The number of nitrogens with one attached hydrogen (secondary N) is 1. The van der Waals surface area contributed by atoms with Crippen molar-refractivity contribution in [2.75, 3.05) is 11.9 Å². The minimum Gasteiger partial charge on any atom is -0.478 e. The molecule has 0 spiro atoms. The number of carboxylic acid groups (broad SMARTS) is 1. The maximum absolute atomic E-state index is 13.3. The van der Waals surface area contributed by atoms with Crippen molar-refractivity contribution >= 4 is 11.7 Å². The van der Waals surface area contributed by atoms with Gasteiger partial charge in [-0.1, -0.05) is 19.8 Å². The van der Waals surface area contributed by atoms with Gasteiger partial charge < -0.3 is 10.4 Å². The van der Waals surface area contributed by atoms with Crippen LogP contribution < -0.4 is 5.32 Å². The van der Waals surface area contributed by atoms with E-state index in [1.54, 1.807) is 6.07 Å². The Labute approximate surface area is 112 Å². The molecule has 2 unspecified atom stereocenters. The second kappa shape index (κ2) is 6.04. The predicted molar refractivity (Wildman–Crippen MR) is 73.0 cm³/mol. The molecule has 4 heteroatoms. The maximum atomic E-state index is 13.3. The molecule has 2 atom stereocenters. The van der Waals surface area contributed by atoms with E-state index in [9.17, 15) is 9.18 Å². The van der Waals surface area contributed by atoms with Crippen LogP contribution in [-0.4, -0.2) is 17.6 Å². The van der Waals surface area contributed by atoms with Gasteiger partial charge in [-0.3, -0.25) is 0 Å². The standard InChI is InChI=1S/C15H20FNO2/c1-10-3-2-4-11(7-10)9-17-12-5-6-14(16)13(8-12)15(18)19/h5-6,8,10-11,17H,2-4,7,9H2,1H3,(H,18,19). The Morgan fingerprint density at radius 2 is 2.26 bits per heavy atom. The highest BCUT2D eigenvalue weighted by atomic mass is 19.1. The summed E-state index contributed by atoms with van der Waals surface area (Å²) in [5.41, 5.74) is 0.402. The van der Waals surface area contributed by atoms with E-state index in [-0.39, 0.29) is 5.56 Å². The number of hydrogen-bond donors (Lipinski definition) is 2. The van der Waals surface area contributed by atoms with Crippen molar-refractivity contribution in [2.24, 2.45) is 11.8 Å². The van der Waals surface area contributed by atoms with Gasteiger partial charge in [0.15, 0.2) is 0 Å². The molecule has 19 heavy (non-hydrogen) atoms. The van der Waals surface area contributed by atoms with Gasteiger partial charge in [-0.2, -0.15) is 0 Å². The second-order valence-corrected chi connectivity index (χ2v) is 5.52. The number of benzene rings is 1. The summed E-state index contributed by atoms with van der Waals surface area (Å²) in [7, 11) is 0. The zero-order valence-corrected chi connectivity index (χ0v) is 11.2. The SMILES string of the molecule is CC1CCCC(CNc2ccc(F)c(C(=O)O)c2)C1. The largest absolute Gasteiger partial charge is 0.478 e. The molecule has 0 radical (unpaired) electrons. The average Bonchev–Trinajstić information content (AvgIpc) is 2.37. The molecule has 0 aliphatic heterocycles. The highest BCUT2D eigenvalue weighted by Gasteiger charge is 2.18. The Morgan fingerprint density at radius 1 is 1.47 bits per heavy atom. The molecule has 1 aliphatic rings. The Hall–Kier alpha value is -1.58. The van der Waals surface area contributed by atoms with E-state index >= 15 is 0 Å². The minimum absolute atomic E-state index is 0.276. The maximum Gasteiger partial charge on any atom is 0.338 e. The third kappa shape index (κ3) is 3.69. The number of carboxylic acids is 1. The molecule has 2 rings (SSSR count). The van der Waals surface area contributed by atoms with Crippen LogP contribution in [0.4, 0.5) is 10.1 Å². The summed E-state index contributed by atoms with van der Waals surface area (Å²) in [5, 5.41) is 12.1.